The summed E-state index contributed by atoms with van der Waals surface area (Å²) < 4.78 is 0. The topological polar surface area (TPSA) is 3.24 Å². The highest BCUT2D eigenvalue weighted by Gasteiger charge is 2.60. The Labute approximate surface area is 303 Å². The molecule has 4 bridgehead atoms. The number of rotatable bonds is 4. The Morgan fingerprint density at radius 2 is 1.12 bits per heavy atom. The molecule has 2 heteroatoms. The fourth-order valence-electron chi connectivity index (χ4n) is 11.8. The highest BCUT2D eigenvalue weighted by Crippen LogP contribution is 2.69. The molecule has 0 N–H and O–H groups in total. The van der Waals surface area contributed by atoms with Crippen LogP contribution < -0.4 is 4.90 Å². The summed E-state index contributed by atoms with van der Waals surface area (Å²) in [6.07, 6.45) is 9.53. The first-order valence-corrected chi connectivity index (χ1v) is 20.1. The molecule has 1 spiro atoms. The van der Waals surface area contributed by atoms with Crippen molar-refractivity contribution in [3.8, 4) is 11.1 Å². The van der Waals surface area contributed by atoms with E-state index in [9.17, 15) is 0 Å². The second-order valence-corrected chi connectivity index (χ2v) is 18.7. The van der Waals surface area contributed by atoms with Crippen molar-refractivity contribution in [3.05, 3.63) is 138 Å². The molecule has 11 rings (SSSR count). The van der Waals surface area contributed by atoms with Crippen LogP contribution in [-0.2, 0) is 16.2 Å². The molecule has 6 aliphatic rings. The number of anilines is 3. The van der Waals surface area contributed by atoms with Crippen molar-refractivity contribution in [3.63, 3.8) is 0 Å². The van der Waals surface area contributed by atoms with Crippen molar-refractivity contribution < 1.29 is 0 Å². The molecule has 50 heavy (non-hydrogen) atoms. The molecule has 0 radical (unpaired) electrons. The third kappa shape index (κ3) is 4.52. The highest BCUT2D eigenvalue weighted by atomic mass is 32.2. The van der Waals surface area contributed by atoms with Crippen LogP contribution in [0.25, 0.3) is 11.1 Å². The van der Waals surface area contributed by atoms with E-state index in [0.29, 0.717) is 0 Å². The minimum Gasteiger partial charge on any atom is -0.310 e. The van der Waals surface area contributed by atoms with Gasteiger partial charge in [0, 0.05) is 32.3 Å². The van der Waals surface area contributed by atoms with E-state index in [1.54, 1.807) is 11.1 Å². The van der Waals surface area contributed by atoms with Crippen LogP contribution >= 0.6 is 11.8 Å². The van der Waals surface area contributed by atoms with Gasteiger partial charge >= 0.3 is 0 Å². The molecule has 1 aliphatic heterocycles. The summed E-state index contributed by atoms with van der Waals surface area (Å²) >= 11 is 2.00. The van der Waals surface area contributed by atoms with Gasteiger partial charge in [0.25, 0.3) is 0 Å². The van der Waals surface area contributed by atoms with Crippen LogP contribution in [0.1, 0.15) is 94.9 Å². The third-order valence-corrected chi connectivity index (χ3v) is 15.1. The largest absolute Gasteiger partial charge is 0.310 e. The van der Waals surface area contributed by atoms with E-state index in [1.807, 2.05) is 11.8 Å². The van der Waals surface area contributed by atoms with Gasteiger partial charge in [-0.2, -0.15) is 0 Å². The van der Waals surface area contributed by atoms with E-state index < -0.39 is 0 Å². The van der Waals surface area contributed by atoms with Crippen LogP contribution in [0.2, 0.25) is 0 Å². The minimum atomic E-state index is 0.125. The molecule has 0 aromatic heterocycles. The fourth-order valence-corrected chi connectivity index (χ4v) is 13.0. The molecular formula is C48H49NS. The van der Waals surface area contributed by atoms with Crippen molar-refractivity contribution in [2.24, 2.45) is 23.7 Å². The molecule has 1 heterocycles. The lowest BCUT2D eigenvalue weighted by atomic mass is 9.42. The predicted molar refractivity (Wildman–Crippen MR) is 210 cm³/mol. The number of hydrogen-bond acceptors (Lipinski definition) is 2. The number of hydrogen-bond donors (Lipinski definition) is 0. The summed E-state index contributed by atoms with van der Waals surface area (Å²) in [6, 6.07) is 44.5. The average Bonchev–Trinajstić information content (AvgIpc) is 3.12. The molecular weight excluding hydrogens is 623 g/mol. The second kappa shape index (κ2) is 11.1. The lowest BCUT2D eigenvalue weighted by Crippen LogP contribution is -2.57. The van der Waals surface area contributed by atoms with Crippen LogP contribution in [0.3, 0.4) is 0 Å². The molecule has 5 aliphatic carbocycles. The number of nitrogens with zero attached hydrogens (tertiary/aromatic N) is 1. The Morgan fingerprint density at radius 3 is 1.86 bits per heavy atom. The first-order chi connectivity index (χ1) is 24.2. The zero-order valence-electron chi connectivity index (χ0n) is 30.1. The van der Waals surface area contributed by atoms with Crippen LogP contribution in [0.15, 0.2) is 125 Å². The Bertz CT molecular complexity index is 2080. The Morgan fingerprint density at radius 1 is 0.520 bits per heavy atom. The van der Waals surface area contributed by atoms with E-state index in [4.69, 9.17) is 0 Å². The summed E-state index contributed by atoms with van der Waals surface area (Å²) in [4.78, 5) is 5.47. The lowest BCUT2D eigenvalue weighted by Gasteiger charge is -2.63. The summed E-state index contributed by atoms with van der Waals surface area (Å²) in [7, 11) is 0. The average molecular weight is 672 g/mol. The van der Waals surface area contributed by atoms with Crippen LogP contribution in [-0.4, -0.2) is 0 Å². The van der Waals surface area contributed by atoms with Gasteiger partial charge in [-0.15, -0.1) is 0 Å². The zero-order chi connectivity index (χ0) is 33.8. The standard InChI is InChI=1S/C48H49NS/c1-46(2)23-24-47(3,4)45-39(13-10-15-41(45)46)33-17-19-37(20-18-33)49(36-11-6-5-7-12-36)38-21-22-44-42(30-38)48(40-14-8-9-16-43(40)50-44)34-26-31-25-32(28-34)29-35(48)27-31/h5-22,30-32,34-35H,23-29H2,1-4H3. The highest BCUT2D eigenvalue weighted by molar-refractivity contribution is 7.99. The van der Waals surface area contributed by atoms with Gasteiger partial charge in [0.15, 0.2) is 0 Å². The molecule has 4 fully saturated rings. The summed E-state index contributed by atoms with van der Waals surface area (Å²) in [5, 5.41) is 0. The molecule has 0 saturated heterocycles. The van der Waals surface area contributed by atoms with Gasteiger partial charge in [-0.25, -0.2) is 0 Å². The monoisotopic (exact) mass is 671 g/mol. The van der Waals surface area contributed by atoms with Gasteiger partial charge < -0.3 is 4.90 Å². The summed E-state index contributed by atoms with van der Waals surface area (Å²) in [6.45, 7) is 9.74. The van der Waals surface area contributed by atoms with Crippen molar-refractivity contribution in [1.29, 1.82) is 0 Å². The van der Waals surface area contributed by atoms with Crippen LogP contribution in [0.5, 0.6) is 0 Å². The zero-order valence-corrected chi connectivity index (χ0v) is 30.9. The fraction of sp³-hybridized carbons (Fsp3) is 0.375. The van der Waals surface area contributed by atoms with Gasteiger partial charge in [0.2, 0.25) is 0 Å². The molecule has 252 valence electrons. The molecule has 1 nitrogen and oxygen atoms in total. The number of fused-ring (bicyclic) bond motifs is 3. The Balaban J connectivity index is 1.11. The maximum absolute atomic E-state index is 2.62. The van der Waals surface area contributed by atoms with Crippen molar-refractivity contribution in [1.82, 2.24) is 0 Å². The molecule has 0 unspecified atom stereocenters. The minimum absolute atomic E-state index is 0.125. The summed E-state index contributed by atoms with van der Waals surface area (Å²) in [5.74, 6) is 3.35. The van der Waals surface area contributed by atoms with E-state index in [1.165, 1.54) is 94.1 Å². The maximum atomic E-state index is 2.62. The van der Waals surface area contributed by atoms with Crippen molar-refractivity contribution in [2.45, 2.75) is 98.7 Å². The van der Waals surface area contributed by atoms with Crippen LogP contribution in [0.4, 0.5) is 17.1 Å². The molecule has 4 saturated carbocycles. The normalized spacial score (nSPS) is 27.8. The Hall–Kier alpha value is -3.75. The van der Waals surface area contributed by atoms with Gasteiger partial charge in [-0.05, 0) is 161 Å². The van der Waals surface area contributed by atoms with Gasteiger partial charge in [-0.3, -0.25) is 0 Å². The van der Waals surface area contributed by atoms with E-state index in [-0.39, 0.29) is 16.2 Å². The quantitative estimate of drug-likeness (QED) is 0.187. The molecule has 5 aromatic carbocycles. The third-order valence-electron chi connectivity index (χ3n) is 13.9. The van der Waals surface area contributed by atoms with Gasteiger partial charge in [0.05, 0.1) is 0 Å². The smallest absolute Gasteiger partial charge is 0.0465 e. The molecule has 5 aromatic rings. The van der Waals surface area contributed by atoms with E-state index in [2.05, 4.69) is 148 Å². The Kier molecular flexibility index (Phi) is 6.90. The van der Waals surface area contributed by atoms with Gasteiger partial charge in [0.1, 0.15) is 0 Å². The van der Waals surface area contributed by atoms with E-state index in [0.717, 1.165) is 23.7 Å². The van der Waals surface area contributed by atoms with Crippen molar-refractivity contribution >= 4 is 28.8 Å². The van der Waals surface area contributed by atoms with E-state index >= 15 is 0 Å². The second-order valence-electron chi connectivity index (χ2n) is 17.7. The first kappa shape index (κ1) is 31.0. The SMILES string of the molecule is CC1(C)CCC(C)(C)c2c(-c3ccc(N(c4ccccc4)c4ccc5c(c4)C4(c6ccccc6S5)C5CC6CC(C5)CC4C6)cc3)cccc21. The van der Waals surface area contributed by atoms with Crippen LogP contribution in [0, 0.1) is 23.7 Å². The van der Waals surface area contributed by atoms with Gasteiger partial charge in [-0.1, -0.05) is 106 Å². The predicted octanol–water partition coefficient (Wildman–Crippen LogP) is 13.4. The molecule has 0 amide bonds. The number of benzene rings is 5. The molecule has 0 atom stereocenters. The van der Waals surface area contributed by atoms with Crippen molar-refractivity contribution in [2.75, 3.05) is 4.90 Å². The summed E-state index contributed by atoms with van der Waals surface area (Å²) in [5.41, 5.74) is 13.2. The number of para-hydroxylation sites is 1. The maximum Gasteiger partial charge on any atom is 0.0465 e. The first-order valence-electron chi connectivity index (χ1n) is 19.2. The lowest BCUT2D eigenvalue weighted by molar-refractivity contribution is -0.0443.